The van der Waals surface area contributed by atoms with Crippen LogP contribution >= 0.6 is 11.8 Å². The molecule has 0 radical (unpaired) electrons. The number of benzene rings is 1. The number of amides is 1. The van der Waals surface area contributed by atoms with Crippen molar-refractivity contribution in [2.75, 3.05) is 18.1 Å². The van der Waals surface area contributed by atoms with E-state index in [0.717, 1.165) is 47.7 Å². The van der Waals surface area contributed by atoms with E-state index in [9.17, 15) is 9.18 Å². The molecular formula is C23H26FN5OS. The van der Waals surface area contributed by atoms with Gasteiger partial charge in [0, 0.05) is 37.3 Å². The van der Waals surface area contributed by atoms with Gasteiger partial charge in [0.25, 0.3) is 0 Å². The lowest BCUT2D eigenvalue weighted by Gasteiger charge is -2.40. The van der Waals surface area contributed by atoms with Crippen molar-refractivity contribution >= 4 is 23.5 Å². The average molecular weight is 440 g/mol. The van der Waals surface area contributed by atoms with Crippen LogP contribution in [0.5, 0.6) is 0 Å². The highest BCUT2D eigenvalue weighted by atomic mass is 32.2. The quantitative estimate of drug-likeness (QED) is 0.628. The van der Waals surface area contributed by atoms with Gasteiger partial charge in [-0.05, 0) is 62.1 Å². The summed E-state index contributed by atoms with van der Waals surface area (Å²) in [4.78, 5) is 18.2. The van der Waals surface area contributed by atoms with Gasteiger partial charge in [-0.25, -0.2) is 9.37 Å². The van der Waals surface area contributed by atoms with Crippen LogP contribution in [0.3, 0.4) is 0 Å². The van der Waals surface area contributed by atoms with E-state index in [1.165, 1.54) is 19.1 Å². The first-order chi connectivity index (χ1) is 14.8. The summed E-state index contributed by atoms with van der Waals surface area (Å²) in [5.74, 6) is 0.0412. The summed E-state index contributed by atoms with van der Waals surface area (Å²) in [6, 6.07) is 10.2. The zero-order valence-electron chi connectivity index (χ0n) is 18.1. The minimum atomic E-state index is -0.279. The molecule has 1 aromatic carbocycles. The van der Waals surface area contributed by atoms with E-state index in [0.29, 0.717) is 5.82 Å². The zero-order chi connectivity index (χ0) is 22.2. The number of pyridine rings is 1. The number of hydrogen-bond acceptors (Lipinski definition) is 5. The SMILES string of the molecule is CSC(C)(C)N1CCn2nc(-c3ccc(F)cc3)c(-c3ccnc(NC(C)=O)c3)c2C1. The third-order valence-corrected chi connectivity index (χ3v) is 6.97. The topological polar surface area (TPSA) is 63.1 Å². The number of rotatable bonds is 5. The molecule has 31 heavy (non-hydrogen) atoms. The molecule has 0 spiro atoms. The van der Waals surface area contributed by atoms with E-state index in [4.69, 9.17) is 5.10 Å². The fourth-order valence-corrected chi connectivity index (χ4v) is 4.27. The molecule has 3 heterocycles. The molecule has 0 fully saturated rings. The highest BCUT2D eigenvalue weighted by molar-refractivity contribution is 7.99. The highest BCUT2D eigenvalue weighted by Gasteiger charge is 2.32. The molecule has 8 heteroatoms. The van der Waals surface area contributed by atoms with Crippen LogP contribution in [-0.4, -0.2) is 43.2 Å². The van der Waals surface area contributed by atoms with Gasteiger partial charge in [-0.15, -0.1) is 11.8 Å². The Kier molecular flexibility index (Phi) is 5.85. The second kappa shape index (κ2) is 8.43. The maximum Gasteiger partial charge on any atom is 0.222 e. The third kappa shape index (κ3) is 4.36. The van der Waals surface area contributed by atoms with E-state index < -0.39 is 0 Å². The standard InChI is InChI=1S/C23H26FN5OS/c1-15(30)26-20-13-17(9-10-25-20)21-19-14-28(23(2,3)31-4)11-12-29(19)27-22(21)16-5-7-18(24)8-6-16/h5-10,13H,11-12,14H2,1-4H3,(H,25,26,30). The molecule has 0 saturated heterocycles. The Hall–Kier alpha value is -2.71. The summed E-state index contributed by atoms with van der Waals surface area (Å²) < 4.78 is 15.6. The Morgan fingerprint density at radius 2 is 1.90 bits per heavy atom. The number of carbonyl (C=O) groups excluding carboxylic acids is 1. The number of nitrogens with one attached hydrogen (secondary N) is 1. The van der Waals surface area contributed by atoms with Gasteiger partial charge in [-0.2, -0.15) is 5.10 Å². The van der Waals surface area contributed by atoms with Crippen LogP contribution in [0.1, 0.15) is 26.5 Å². The number of thioether (sulfide) groups is 1. The second-order valence-electron chi connectivity index (χ2n) is 8.08. The van der Waals surface area contributed by atoms with Gasteiger partial charge in [-0.1, -0.05) is 0 Å². The third-order valence-electron chi connectivity index (χ3n) is 5.71. The number of hydrogen-bond donors (Lipinski definition) is 1. The fourth-order valence-electron chi connectivity index (χ4n) is 3.85. The molecule has 6 nitrogen and oxygen atoms in total. The zero-order valence-corrected chi connectivity index (χ0v) is 19.0. The van der Waals surface area contributed by atoms with E-state index in [1.807, 2.05) is 23.9 Å². The largest absolute Gasteiger partial charge is 0.311 e. The molecule has 2 aromatic heterocycles. The minimum Gasteiger partial charge on any atom is -0.311 e. The smallest absolute Gasteiger partial charge is 0.222 e. The first-order valence-electron chi connectivity index (χ1n) is 10.2. The summed E-state index contributed by atoms with van der Waals surface area (Å²) in [5, 5.41) is 7.67. The maximum atomic E-state index is 13.6. The molecule has 162 valence electrons. The fraction of sp³-hybridized carbons (Fsp3) is 0.348. The highest BCUT2D eigenvalue weighted by Crippen LogP contribution is 2.39. The first kappa shape index (κ1) is 21.5. The molecule has 0 saturated carbocycles. The average Bonchev–Trinajstić information content (AvgIpc) is 3.12. The number of anilines is 1. The maximum absolute atomic E-state index is 13.6. The predicted octanol–water partition coefficient (Wildman–Crippen LogP) is 4.62. The lowest BCUT2D eigenvalue weighted by atomic mass is 9.98. The lowest BCUT2D eigenvalue weighted by molar-refractivity contribution is -0.114. The van der Waals surface area contributed by atoms with Crippen LogP contribution in [0.2, 0.25) is 0 Å². The summed E-state index contributed by atoms with van der Waals surface area (Å²) >= 11 is 1.82. The van der Waals surface area contributed by atoms with Crippen molar-refractivity contribution in [2.45, 2.75) is 38.7 Å². The summed E-state index contributed by atoms with van der Waals surface area (Å²) in [7, 11) is 0. The van der Waals surface area contributed by atoms with Gasteiger partial charge in [-0.3, -0.25) is 14.4 Å². The van der Waals surface area contributed by atoms with Crippen LogP contribution in [0.4, 0.5) is 10.2 Å². The molecule has 1 N–H and O–H groups in total. The number of aromatic nitrogens is 3. The van der Waals surface area contributed by atoms with E-state index in [2.05, 4.69) is 40.0 Å². The molecule has 0 unspecified atom stereocenters. The lowest BCUT2D eigenvalue weighted by Crippen LogP contribution is -2.45. The molecular weight excluding hydrogens is 413 g/mol. The van der Waals surface area contributed by atoms with Crippen molar-refractivity contribution in [1.29, 1.82) is 0 Å². The molecule has 0 bridgehead atoms. The van der Waals surface area contributed by atoms with Gasteiger partial charge in [0.05, 0.1) is 17.1 Å². The second-order valence-corrected chi connectivity index (χ2v) is 9.49. The Bertz CT molecular complexity index is 1110. The van der Waals surface area contributed by atoms with Crippen LogP contribution in [0, 0.1) is 5.82 Å². The normalized spacial score (nSPS) is 14.4. The number of nitrogens with zero attached hydrogens (tertiary/aromatic N) is 4. The van der Waals surface area contributed by atoms with Crippen molar-refractivity contribution in [3.8, 4) is 22.4 Å². The molecule has 1 aliphatic rings. The van der Waals surface area contributed by atoms with E-state index in [1.54, 1.807) is 18.3 Å². The molecule has 0 aliphatic carbocycles. The monoisotopic (exact) mass is 439 g/mol. The first-order valence-corrected chi connectivity index (χ1v) is 11.4. The van der Waals surface area contributed by atoms with Crippen molar-refractivity contribution in [3.63, 3.8) is 0 Å². The molecule has 4 rings (SSSR count). The molecule has 1 amide bonds. The van der Waals surface area contributed by atoms with Gasteiger partial charge < -0.3 is 5.32 Å². The van der Waals surface area contributed by atoms with Crippen LogP contribution in [-0.2, 0) is 17.9 Å². The van der Waals surface area contributed by atoms with Crippen molar-refractivity contribution in [3.05, 3.63) is 54.1 Å². The van der Waals surface area contributed by atoms with Gasteiger partial charge in [0.15, 0.2) is 0 Å². The van der Waals surface area contributed by atoms with Crippen LogP contribution < -0.4 is 5.32 Å². The van der Waals surface area contributed by atoms with Crippen LogP contribution in [0.15, 0.2) is 42.6 Å². The van der Waals surface area contributed by atoms with Crippen molar-refractivity contribution in [1.82, 2.24) is 19.7 Å². The Morgan fingerprint density at radius 3 is 2.58 bits per heavy atom. The van der Waals surface area contributed by atoms with Crippen molar-refractivity contribution in [2.24, 2.45) is 0 Å². The van der Waals surface area contributed by atoms with Gasteiger partial charge in [0.1, 0.15) is 17.3 Å². The van der Waals surface area contributed by atoms with Gasteiger partial charge in [0.2, 0.25) is 5.91 Å². The number of halogens is 1. The molecule has 1 aliphatic heterocycles. The Labute approximate surface area is 185 Å². The number of carbonyl (C=O) groups is 1. The summed E-state index contributed by atoms with van der Waals surface area (Å²) in [6.45, 7) is 8.34. The van der Waals surface area contributed by atoms with E-state index >= 15 is 0 Å². The Balaban J connectivity index is 1.87. The molecule has 0 atom stereocenters. The summed E-state index contributed by atoms with van der Waals surface area (Å²) in [5.41, 5.74) is 4.67. The molecule has 3 aromatic rings. The van der Waals surface area contributed by atoms with Gasteiger partial charge >= 0.3 is 0 Å². The van der Waals surface area contributed by atoms with Crippen LogP contribution in [0.25, 0.3) is 22.4 Å². The minimum absolute atomic E-state index is 0.0115. The predicted molar refractivity (Wildman–Crippen MR) is 123 cm³/mol. The van der Waals surface area contributed by atoms with Crippen molar-refractivity contribution < 1.29 is 9.18 Å². The van der Waals surface area contributed by atoms with E-state index in [-0.39, 0.29) is 16.6 Å². The number of fused-ring (bicyclic) bond motifs is 1. The Morgan fingerprint density at radius 1 is 1.16 bits per heavy atom. The summed E-state index contributed by atoms with van der Waals surface area (Å²) in [6.07, 6.45) is 3.81.